The molecule has 84 valence electrons. The van der Waals surface area contributed by atoms with Crippen molar-refractivity contribution in [3.8, 4) is 0 Å². The molecule has 1 aromatic rings. The molecule has 0 aliphatic carbocycles. The van der Waals surface area contributed by atoms with Gasteiger partial charge in [0, 0.05) is 13.5 Å². The second kappa shape index (κ2) is 6.02. The molecule has 0 saturated heterocycles. The van der Waals surface area contributed by atoms with E-state index in [4.69, 9.17) is 4.74 Å². The molecule has 0 amide bonds. The first-order valence-electron chi connectivity index (χ1n) is 4.95. The maximum atomic E-state index is 11.5. The zero-order chi connectivity index (χ0) is 11.3. The number of H-pyrrole nitrogens is 1. The van der Waals surface area contributed by atoms with Crippen LogP contribution in [0.1, 0.15) is 24.9 Å². The standard InChI is InChI=1S/C10H15BrN2O2/c1-3-4-7-9(11)10(14)13-8(12-7)5-6-15-2/h3-6H2,1-2H3,(H,12,13,14). The van der Waals surface area contributed by atoms with Gasteiger partial charge >= 0.3 is 0 Å². The van der Waals surface area contributed by atoms with E-state index in [1.807, 2.05) is 0 Å². The van der Waals surface area contributed by atoms with Gasteiger partial charge in [0.1, 0.15) is 10.3 Å². The van der Waals surface area contributed by atoms with Crippen LogP contribution >= 0.6 is 15.9 Å². The Morgan fingerprint density at radius 2 is 2.20 bits per heavy atom. The van der Waals surface area contributed by atoms with Crippen molar-refractivity contribution in [3.05, 3.63) is 26.3 Å². The highest BCUT2D eigenvalue weighted by Gasteiger charge is 2.07. The molecule has 0 saturated carbocycles. The van der Waals surface area contributed by atoms with E-state index in [0.29, 0.717) is 23.3 Å². The van der Waals surface area contributed by atoms with Crippen molar-refractivity contribution < 1.29 is 4.74 Å². The van der Waals surface area contributed by atoms with Gasteiger partial charge in [0.15, 0.2) is 0 Å². The lowest BCUT2D eigenvalue weighted by Crippen LogP contribution is -2.16. The van der Waals surface area contributed by atoms with Crippen molar-refractivity contribution in [1.29, 1.82) is 0 Å². The number of rotatable bonds is 5. The summed E-state index contributed by atoms with van der Waals surface area (Å²) in [5.74, 6) is 0.688. The van der Waals surface area contributed by atoms with Crippen molar-refractivity contribution in [2.75, 3.05) is 13.7 Å². The molecule has 0 fully saturated rings. The van der Waals surface area contributed by atoms with Gasteiger partial charge in [-0.15, -0.1) is 0 Å². The molecule has 1 rings (SSSR count). The van der Waals surface area contributed by atoms with E-state index in [0.717, 1.165) is 18.5 Å². The summed E-state index contributed by atoms with van der Waals surface area (Å²) in [6, 6.07) is 0. The summed E-state index contributed by atoms with van der Waals surface area (Å²) >= 11 is 3.25. The van der Waals surface area contributed by atoms with Crippen LogP contribution in [0.3, 0.4) is 0 Å². The minimum atomic E-state index is -0.112. The summed E-state index contributed by atoms with van der Waals surface area (Å²) in [6.45, 7) is 2.63. The third-order valence-corrected chi connectivity index (χ3v) is 2.83. The van der Waals surface area contributed by atoms with Crippen LogP contribution in [0.2, 0.25) is 0 Å². The Morgan fingerprint density at radius 1 is 1.47 bits per heavy atom. The molecule has 0 spiro atoms. The van der Waals surface area contributed by atoms with Gasteiger partial charge in [0.05, 0.1) is 12.3 Å². The third-order valence-electron chi connectivity index (χ3n) is 2.01. The Balaban J connectivity index is 2.95. The lowest BCUT2D eigenvalue weighted by Gasteiger charge is -2.05. The van der Waals surface area contributed by atoms with E-state index in [-0.39, 0.29) is 5.56 Å². The number of halogens is 1. The summed E-state index contributed by atoms with van der Waals surface area (Å²) in [4.78, 5) is 18.6. The van der Waals surface area contributed by atoms with Crippen molar-refractivity contribution >= 4 is 15.9 Å². The molecular weight excluding hydrogens is 260 g/mol. The van der Waals surface area contributed by atoms with Crippen molar-refractivity contribution in [2.45, 2.75) is 26.2 Å². The lowest BCUT2D eigenvalue weighted by atomic mass is 10.2. The fourth-order valence-electron chi connectivity index (χ4n) is 1.28. The molecule has 1 aromatic heterocycles. The molecule has 15 heavy (non-hydrogen) atoms. The largest absolute Gasteiger partial charge is 0.384 e. The summed E-state index contributed by atoms with van der Waals surface area (Å²) < 4.78 is 5.49. The highest BCUT2D eigenvalue weighted by molar-refractivity contribution is 9.10. The summed E-state index contributed by atoms with van der Waals surface area (Å²) in [5, 5.41) is 0. The van der Waals surface area contributed by atoms with E-state index in [9.17, 15) is 4.79 Å². The molecule has 1 heterocycles. The number of ether oxygens (including phenoxy) is 1. The van der Waals surface area contributed by atoms with Crippen LogP contribution in [-0.2, 0) is 17.6 Å². The van der Waals surface area contributed by atoms with Crippen LogP contribution in [0.25, 0.3) is 0 Å². The predicted molar refractivity (Wildman–Crippen MR) is 62.1 cm³/mol. The molecule has 0 bridgehead atoms. The number of aromatic amines is 1. The monoisotopic (exact) mass is 274 g/mol. The molecule has 5 heteroatoms. The molecule has 1 N–H and O–H groups in total. The van der Waals surface area contributed by atoms with Crippen molar-refractivity contribution in [1.82, 2.24) is 9.97 Å². The topological polar surface area (TPSA) is 55.0 Å². The zero-order valence-electron chi connectivity index (χ0n) is 8.97. The summed E-state index contributed by atoms with van der Waals surface area (Å²) in [6.07, 6.45) is 2.42. The molecule has 0 aromatic carbocycles. The predicted octanol–water partition coefficient (Wildman–Crippen LogP) is 1.67. The number of nitrogens with zero attached hydrogens (tertiary/aromatic N) is 1. The third kappa shape index (κ3) is 3.43. The molecule has 0 aliphatic rings. The zero-order valence-corrected chi connectivity index (χ0v) is 10.6. The van der Waals surface area contributed by atoms with Gasteiger partial charge in [-0.25, -0.2) is 4.98 Å². The van der Waals surface area contributed by atoms with Crippen LogP contribution < -0.4 is 5.56 Å². The van der Waals surface area contributed by atoms with Crippen LogP contribution in [-0.4, -0.2) is 23.7 Å². The maximum Gasteiger partial charge on any atom is 0.265 e. The Morgan fingerprint density at radius 3 is 2.80 bits per heavy atom. The second-order valence-electron chi connectivity index (χ2n) is 3.27. The molecular formula is C10H15BrN2O2. The van der Waals surface area contributed by atoms with E-state index >= 15 is 0 Å². The number of hydrogen-bond acceptors (Lipinski definition) is 3. The fourth-order valence-corrected chi connectivity index (χ4v) is 1.66. The number of methoxy groups -OCH3 is 1. The number of nitrogens with one attached hydrogen (secondary N) is 1. The number of hydrogen-bond donors (Lipinski definition) is 1. The average Bonchev–Trinajstić information content (AvgIpc) is 2.22. The average molecular weight is 275 g/mol. The Hall–Kier alpha value is -0.680. The van der Waals surface area contributed by atoms with Crippen LogP contribution in [0.15, 0.2) is 9.27 Å². The first-order valence-corrected chi connectivity index (χ1v) is 5.74. The first-order chi connectivity index (χ1) is 7.19. The van der Waals surface area contributed by atoms with Gasteiger partial charge in [-0.2, -0.15) is 0 Å². The quantitative estimate of drug-likeness (QED) is 0.889. The van der Waals surface area contributed by atoms with Crippen LogP contribution in [0, 0.1) is 0 Å². The number of aromatic nitrogens is 2. The minimum absolute atomic E-state index is 0.112. The lowest BCUT2D eigenvalue weighted by molar-refractivity contribution is 0.200. The smallest absolute Gasteiger partial charge is 0.265 e. The van der Waals surface area contributed by atoms with E-state index < -0.39 is 0 Å². The van der Waals surface area contributed by atoms with Crippen molar-refractivity contribution in [2.24, 2.45) is 0 Å². The Bertz CT molecular complexity index is 376. The molecule has 0 aliphatic heterocycles. The summed E-state index contributed by atoms with van der Waals surface area (Å²) in [5.41, 5.74) is 0.715. The highest BCUT2D eigenvalue weighted by atomic mass is 79.9. The Kier molecular flexibility index (Phi) is 4.98. The molecule has 0 radical (unpaired) electrons. The van der Waals surface area contributed by atoms with E-state index in [1.54, 1.807) is 7.11 Å². The molecule has 0 unspecified atom stereocenters. The molecule has 4 nitrogen and oxygen atoms in total. The fraction of sp³-hybridized carbons (Fsp3) is 0.600. The van der Waals surface area contributed by atoms with E-state index in [1.165, 1.54) is 0 Å². The normalized spacial score (nSPS) is 10.6. The first kappa shape index (κ1) is 12.4. The van der Waals surface area contributed by atoms with Gasteiger partial charge in [-0.05, 0) is 22.4 Å². The van der Waals surface area contributed by atoms with Gasteiger partial charge in [-0.3, -0.25) is 4.79 Å². The SMILES string of the molecule is CCCc1nc(CCOC)[nH]c(=O)c1Br. The number of aryl methyl sites for hydroxylation is 1. The summed E-state index contributed by atoms with van der Waals surface area (Å²) in [7, 11) is 1.63. The molecule has 0 atom stereocenters. The van der Waals surface area contributed by atoms with Gasteiger partial charge in [-0.1, -0.05) is 13.3 Å². The van der Waals surface area contributed by atoms with Gasteiger partial charge in [0.25, 0.3) is 5.56 Å². The van der Waals surface area contributed by atoms with Crippen molar-refractivity contribution in [3.63, 3.8) is 0 Å². The highest BCUT2D eigenvalue weighted by Crippen LogP contribution is 2.10. The maximum absolute atomic E-state index is 11.5. The minimum Gasteiger partial charge on any atom is -0.384 e. The second-order valence-corrected chi connectivity index (χ2v) is 4.06. The van der Waals surface area contributed by atoms with Gasteiger partial charge in [0.2, 0.25) is 0 Å². The van der Waals surface area contributed by atoms with Crippen LogP contribution in [0.5, 0.6) is 0 Å². The Labute approximate surface area is 97.2 Å². The van der Waals surface area contributed by atoms with Gasteiger partial charge < -0.3 is 9.72 Å². The van der Waals surface area contributed by atoms with Crippen LogP contribution in [0.4, 0.5) is 0 Å². The van der Waals surface area contributed by atoms with E-state index in [2.05, 4.69) is 32.8 Å².